The van der Waals surface area contributed by atoms with Crippen LogP contribution in [0.5, 0.6) is 0 Å². The fourth-order valence-electron chi connectivity index (χ4n) is 1.22. The molecule has 0 radical (unpaired) electrons. The Bertz CT molecular complexity index is 392. The van der Waals surface area contributed by atoms with Crippen molar-refractivity contribution in [3.05, 3.63) is 22.4 Å². The zero-order chi connectivity index (χ0) is 13.5. The molecule has 0 saturated carbocycles. The van der Waals surface area contributed by atoms with Crippen molar-refractivity contribution in [2.45, 2.75) is 6.04 Å². The molecule has 6 nitrogen and oxygen atoms in total. The number of carbonyl (C=O) groups excluding carboxylic acids is 2. The molecule has 0 aliphatic carbocycles. The Kier molecular flexibility index (Phi) is 5.60. The Hall–Kier alpha value is -1.60. The van der Waals surface area contributed by atoms with Crippen molar-refractivity contribution in [3.63, 3.8) is 0 Å². The van der Waals surface area contributed by atoms with Crippen molar-refractivity contribution in [1.29, 1.82) is 0 Å². The summed E-state index contributed by atoms with van der Waals surface area (Å²) in [5.41, 5.74) is 5.78. The van der Waals surface area contributed by atoms with Crippen molar-refractivity contribution in [2.75, 3.05) is 27.2 Å². The third-order valence-corrected chi connectivity index (χ3v) is 3.19. The number of nitrogens with one attached hydrogen (secondary N) is 2. The van der Waals surface area contributed by atoms with Crippen LogP contribution < -0.4 is 16.4 Å². The lowest BCUT2D eigenvalue weighted by atomic mass is 10.2. The third kappa shape index (κ3) is 4.34. The number of nitrogens with two attached hydrogens (primary N) is 1. The molecule has 0 aromatic carbocycles. The van der Waals surface area contributed by atoms with Crippen LogP contribution in [0.1, 0.15) is 10.9 Å². The molecule has 0 bridgehead atoms. The van der Waals surface area contributed by atoms with Gasteiger partial charge in [0.2, 0.25) is 5.91 Å². The summed E-state index contributed by atoms with van der Waals surface area (Å²) in [7, 11) is 3.31. The van der Waals surface area contributed by atoms with Gasteiger partial charge in [-0.3, -0.25) is 4.79 Å². The predicted molar refractivity (Wildman–Crippen MR) is 71.3 cm³/mol. The van der Waals surface area contributed by atoms with Crippen LogP contribution in [0.2, 0.25) is 0 Å². The van der Waals surface area contributed by atoms with E-state index < -0.39 is 6.04 Å². The highest BCUT2D eigenvalue weighted by molar-refractivity contribution is 7.10. The van der Waals surface area contributed by atoms with Gasteiger partial charge in [0.05, 0.1) is 0 Å². The molecular formula is C11H18N4O2S. The molecule has 1 atom stereocenters. The van der Waals surface area contributed by atoms with E-state index in [2.05, 4.69) is 10.6 Å². The zero-order valence-electron chi connectivity index (χ0n) is 10.5. The van der Waals surface area contributed by atoms with E-state index in [1.54, 1.807) is 14.1 Å². The van der Waals surface area contributed by atoms with Crippen LogP contribution in [0.3, 0.4) is 0 Å². The zero-order valence-corrected chi connectivity index (χ0v) is 11.3. The highest BCUT2D eigenvalue weighted by Crippen LogP contribution is 2.16. The van der Waals surface area contributed by atoms with Gasteiger partial charge in [0.15, 0.2) is 0 Å². The maximum Gasteiger partial charge on any atom is 0.316 e. The average molecular weight is 270 g/mol. The number of hydrogen-bond donors (Lipinski definition) is 3. The first kappa shape index (κ1) is 14.5. The van der Waals surface area contributed by atoms with Crippen molar-refractivity contribution in [2.24, 2.45) is 5.73 Å². The van der Waals surface area contributed by atoms with Gasteiger partial charge >= 0.3 is 6.03 Å². The van der Waals surface area contributed by atoms with E-state index in [0.29, 0.717) is 13.1 Å². The van der Waals surface area contributed by atoms with E-state index in [1.807, 2.05) is 17.5 Å². The largest absolute Gasteiger partial charge is 0.353 e. The first-order chi connectivity index (χ1) is 8.52. The molecule has 1 rings (SSSR count). The number of amides is 3. The Labute approximate surface area is 110 Å². The van der Waals surface area contributed by atoms with Crippen molar-refractivity contribution < 1.29 is 9.59 Å². The molecule has 18 heavy (non-hydrogen) atoms. The van der Waals surface area contributed by atoms with E-state index >= 15 is 0 Å². The van der Waals surface area contributed by atoms with Crippen molar-refractivity contribution in [3.8, 4) is 0 Å². The van der Waals surface area contributed by atoms with Gasteiger partial charge in [0.25, 0.3) is 0 Å². The standard InChI is InChI=1S/C11H18N4O2S/c1-15(2)11(17)14-6-5-13-10(16)9(12)8-4-3-7-18-8/h3-4,7,9H,5-6,12H2,1-2H3,(H,13,16)(H,14,17). The highest BCUT2D eigenvalue weighted by Gasteiger charge is 2.15. The minimum absolute atomic E-state index is 0.188. The topological polar surface area (TPSA) is 87.5 Å². The van der Waals surface area contributed by atoms with Gasteiger partial charge in [-0.1, -0.05) is 6.07 Å². The first-order valence-corrected chi connectivity index (χ1v) is 6.42. The second kappa shape index (κ2) is 6.97. The number of urea groups is 1. The van der Waals surface area contributed by atoms with E-state index in [9.17, 15) is 9.59 Å². The molecule has 0 saturated heterocycles. The lowest BCUT2D eigenvalue weighted by Gasteiger charge is -2.13. The number of carbonyl (C=O) groups is 2. The Morgan fingerprint density at radius 2 is 2.06 bits per heavy atom. The predicted octanol–water partition coefficient (Wildman–Crippen LogP) is 0.135. The second-order valence-electron chi connectivity index (χ2n) is 3.91. The number of hydrogen-bond acceptors (Lipinski definition) is 4. The van der Waals surface area contributed by atoms with E-state index in [-0.39, 0.29) is 11.9 Å². The minimum atomic E-state index is -0.644. The summed E-state index contributed by atoms with van der Waals surface area (Å²) in [5, 5.41) is 7.19. The summed E-state index contributed by atoms with van der Waals surface area (Å²) >= 11 is 1.45. The van der Waals surface area contributed by atoms with Gasteiger partial charge in [0.1, 0.15) is 6.04 Å². The molecule has 0 aliphatic heterocycles. The van der Waals surface area contributed by atoms with Crippen LogP contribution in [0.25, 0.3) is 0 Å². The fraction of sp³-hybridized carbons (Fsp3) is 0.455. The van der Waals surface area contributed by atoms with Gasteiger partial charge in [-0.2, -0.15) is 0 Å². The summed E-state index contributed by atoms with van der Waals surface area (Å²) in [4.78, 5) is 25.1. The molecule has 100 valence electrons. The molecule has 1 unspecified atom stereocenters. The van der Waals surface area contributed by atoms with Gasteiger partial charge in [0, 0.05) is 32.1 Å². The maximum absolute atomic E-state index is 11.7. The highest BCUT2D eigenvalue weighted by atomic mass is 32.1. The summed E-state index contributed by atoms with van der Waals surface area (Å²) in [6.07, 6.45) is 0. The first-order valence-electron chi connectivity index (χ1n) is 5.54. The quantitative estimate of drug-likeness (QED) is 0.665. The Balaban J connectivity index is 2.24. The molecule has 1 aromatic rings. The molecule has 0 fully saturated rings. The lowest BCUT2D eigenvalue weighted by molar-refractivity contribution is -0.122. The Morgan fingerprint density at radius 1 is 1.39 bits per heavy atom. The molecule has 7 heteroatoms. The van der Waals surface area contributed by atoms with Crippen LogP contribution in [0.4, 0.5) is 4.79 Å². The van der Waals surface area contributed by atoms with Crippen molar-refractivity contribution in [1.82, 2.24) is 15.5 Å². The molecule has 4 N–H and O–H groups in total. The number of nitrogens with zero attached hydrogens (tertiary/aromatic N) is 1. The molecule has 3 amide bonds. The third-order valence-electron chi connectivity index (χ3n) is 2.24. The Morgan fingerprint density at radius 3 is 2.61 bits per heavy atom. The number of rotatable bonds is 5. The van der Waals surface area contributed by atoms with Gasteiger partial charge in [-0.05, 0) is 11.4 Å². The SMILES string of the molecule is CN(C)C(=O)NCCNC(=O)C(N)c1cccs1. The molecule has 0 spiro atoms. The van der Waals surface area contributed by atoms with Crippen LogP contribution in [0, 0.1) is 0 Å². The van der Waals surface area contributed by atoms with Crippen LogP contribution in [0.15, 0.2) is 17.5 Å². The van der Waals surface area contributed by atoms with Gasteiger partial charge in [-0.15, -0.1) is 11.3 Å². The normalized spacial score (nSPS) is 11.7. The summed E-state index contributed by atoms with van der Waals surface area (Å²) < 4.78 is 0. The number of thiophene rings is 1. The summed E-state index contributed by atoms with van der Waals surface area (Å²) in [6.45, 7) is 0.734. The maximum atomic E-state index is 11.7. The lowest BCUT2D eigenvalue weighted by Crippen LogP contribution is -2.41. The summed E-state index contributed by atoms with van der Waals surface area (Å²) in [6, 6.07) is 2.84. The smallest absolute Gasteiger partial charge is 0.316 e. The molecule has 1 aromatic heterocycles. The minimum Gasteiger partial charge on any atom is -0.353 e. The average Bonchev–Trinajstić information content (AvgIpc) is 2.86. The van der Waals surface area contributed by atoms with Gasteiger partial charge < -0.3 is 21.3 Å². The van der Waals surface area contributed by atoms with E-state index in [0.717, 1.165) is 4.88 Å². The van der Waals surface area contributed by atoms with E-state index in [1.165, 1.54) is 16.2 Å². The van der Waals surface area contributed by atoms with E-state index in [4.69, 9.17) is 5.73 Å². The van der Waals surface area contributed by atoms with Crippen LogP contribution >= 0.6 is 11.3 Å². The van der Waals surface area contributed by atoms with Crippen LogP contribution in [-0.2, 0) is 4.79 Å². The fourth-order valence-corrected chi connectivity index (χ4v) is 1.95. The van der Waals surface area contributed by atoms with Crippen LogP contribution in [-0.4, -0.2) is 44.0 Å². The molecule has 0 aliphatic rings. The summed E-state index contributed by atoms with van der Waals surface area (Å²) in [5.74, 6) is -0.239. The van der Waals surface area contributed by atoms with Crippen molar-refractivity contribution >= 4 is 23.3 Å². The van der Waals surface area contributed by atoms with Gasteiger partial charge in [-0.25, -0.2) is 4.79 Å². The monoisotopic (exact) mass is 270 g/mol. The molecular weight excluding hydrogens is 252 g/mol. The molecule has 1 heterocycles. The second-order valence-corrected chi connectivity index (χ2v) is 4.89.